The lowest BCUT2D eigenvalue weighted by molar-refractivity contribution is -0.120. The highest BCUT2D eigenvalue weighted by molar-refractivity contribution is 5.78. The van der Waals surface area contributed by atoms with E-state index in [0.29, 0.717) is 19.5 Å². The summed E-state index contributed by atoms with van der Waals surface area (Å²) in [6.07, 6.45) is -0.0435. The summed E-state index contributed by atoms with van der Waals surface area (Å²) in [6.45, 7) is 3.03. The second-order valence-electron chi connectivity index (χ2n) is 4.64. The predicted molar refractivity (Wildman–Crippen MR) is 70.4 cm³/mol. The standard InChI is InChI=1S/C14H18N2O3/c1-11-9-15-13(17)7-8-16(11)14(18)19-10-12-5-3-2-4-6-12/h2-6,11H,7-10H2,1H3,(H,15,17)/t11-/m1/s1. The molecule has 1 aromatic rings. The van der Waals surface area contributed by atoms with Crippen LogP contribution in [-0.4, -0.2) is 36.0 Å². The van der Waals surface area contributed by atoms with E-state index in [9.17, 15) is 9.59 Å². The average molecular weight is 262 g/mol. The molecule has 0 aliphatic carbocycles. The molecule has 19 heavy (non-hydrogen) atoms. The first-order valence-electron chi connectivity index (χ1n) is 6.41. The van der Waals surface area contributed by atoms with Gasteiger partial charge in [-0.25, -0.2) is 4.79 Å². The molecule has 2 amide bonds. The van der Waals surface area contributed by atoms with Gasteiger partial charge >= 0.3 is 6.09 Å². The Labute approximate surface area is 112 Å². The van der Waals surface area contributed by atoms with E-state index < -0.39 is 0 Å². The SMILES string of the molecule is C[C@@H]1CNC(=O)CCN1C(=O)OCc1ccccc1. The van der Waals surface area contributed by atoms with Crippen LogP contribution in [0.1, 0.15) is 18.9 Å². The largest absolute Gasteiger partial charge is 0.445 e. The van der Waals surface area contributed by atoms with E-state index in [0.717, 1.165) is 5.56 Å². The third-order valence-electron chi connectivity index (χ3n) is 3.15. The molecule has 102 valence electrons. The maximum Gasteiger partial charge on any atom is 0.410 e. The summed E-state index contributed by atoms with van der Waals surface area (Å²) in [5.41, 5.74) is 0.951. The maximum absolute atomic E-state index is 12.0. The molecule has 1 aromatic carbocycles. The molecule has 0 radical (unpaired) electrons. The van der Waals surface area contributed by atoms with Crippen molar-refractivity contribution in [2.75, 3.05) is 13.1 Å². The number of carbonyl (C=O) groups excluding carboxylic acids is 2. The van der Waals surface area contributed by atoms with Crippen molar-refractivity contribution in [3.63, 3.8) is 0 Å². The van der Waals surface area contributed by atoms with Crippen LogP contribution in [0.25, 0.3) is 0 Å². The number of hydrogen-bond acceptors (Lipinski definition) is 3. The molecule has 0 spiro atoms. The molecule has 1 heterocycles. The van der Waals surface area contributed by atoms with Gasteiger partial charge in [0.05, 0.1) is 0 Å². The highest BCUT2D eigenvalue weighted by Crippen LogP contribution is 2.09. The lowest BCUT2D eigenvalue weighted by atomic mass is 10.2. The first kappa shape index (κ1) is 13.4. The fraction of sp³-hybridized carbons (Fsp3) is 0.429. The van der Waals surface area contributed by atoms with Gasteiger partial charge in [0.1, 0.15) is 6.61 Å². The van der Waals surface area contributed by atoms with E-state index >= 15 is 0 Å². The smallest absolute Gasteiger partial charge is 0.410 e. The molecule has 0 bridgehead atoms. The van der Waals surface area contributed by atoms with Crippen LogP contribution >= 0.6 is 0 Å². The quantitative estimate of drug-likeness (QED) is 0.879. The van der Waals surface area contributed by atoms with Gasteiger partial charge in [-0.15, -0.1) is 0 Å². The Morgan fingerprint density at radius 2 is 2.16 bits per heavy atom. The molecule has 2 rings (SSSR count). The minimum Gasteiger partial charge on any atom is -0.445 e. The normalized spacial score (nSPS) is 19.5. The van der Waals surface area contributed by atoms with Gasteiger partial charge < -0.3 is 15.0 Å². The monoisotopic (exact) mass is 262 g/mol. The molecule has 1 aliphatic heterocycles. The number of ether oxygens (including phenoxy) is 1. The number of carbonyl (C=O) groups is 2. The fourth-order valence-corrected chi connectivity index (χ4v) is 1.98. The van der Waals surface area contributed by atoms with Gasteiger partial charge in [0.2, 0.25) is 5.91 Å². The predicted octanol–water partition coefficient (Wildman–Crippen LogP) is 1.53. The van der Waals surface area contributed by atoms with E-state index in [1.807, 2.05) is 37.3 Å². The summed E-state index contributed by atoms with van der Waals surface area (Å²) < 4.78 is 5.28. The Morgan fingerprint density at radius 1 is 1.42 bits per heavy atom. The topological polar surface area (TPSA) is 58.6 Å². The zero-order chi connectivity index (χ0) is 13.7. The molecule has 0 unspecified atom stereocenters. The van der Waals surface area contributed by atoms with Gasteiger partial charge in [-0.3, -0.25) is 4.79 Å². The van der Waals surface area contributed by atoms with E-state index in [-0.39, 0.29) is 24.6 Å². The zero-order valence-electron chi connectivity index (χ0n) is 11.0. The van der Waals surface area contributed by atoms with Gasteiger partial charge in [-0.05, 0) is 12.5 Å². The van der Waals surface area contributed by atoms with Crippen molar-refractivity contribution in [1.82, 2.24) is 10.2 Å². The Bertz CT molecular complexity index is 447. The molecule has 1 N–H and O–H groups in total. The Morgan fingerprint density at radius 3 is 2.89 bits per heavy atom. The third kappa shape index (κ3) is 3.71. The maximum atomic E-state index is 12.0. The lowest BCUT2D eigenvalue weighted by Gasteiger charge is -2.25. The highest BCUT2D eigenvalue weighted by Gasteiger charge is 2.25. The van der Waals surface area contributed by atoms with Crippen LogP contribution in [0.3, 0.4) is 0 Å². The van der Waals surface area contributed by atoms with E-state index in [4.69, 9.17) is 4.74 Å². The molecule has 5 heteroatoms. The van der Waals surface area contributed by atoms with Crippen LogP contribution in [0.2, 0.25) is 0 Å². The summed E-state index contributed by atoms with van der Waals surface area (Å²) in [5.74, 6) is -0.0230. The second-order valence-corrected chi connectivity index (χ2v) is 4.64. The van der Waals surface area contributed by atoms with Gasteiger partial charge in [-0.1, -0.05) is 30.3 Å². The van der Waals surface area contributed by atoms with Crippen molar-refractivity contribution in [1.29, 1.82) is 0 Å². The summed E-state index contributed by atoms with van der Waals surface area (Å²) >= 11 is 0. The number of benzene rings is 1. The lowest BCUT2D eigenvalue weighted by Crippen LogP contribution is -2.42. The van der Waals surface area contributed by atoms with Crippen LogP contribution in [0.15, 0.2) is 30.3 Å². The summed E-state index contributed by atoms with van der Waals surface area (Å²) in [6, 6.07) is 9.49. The zero-order valence-corrected chi connectivity index (χ0v) is 11.0. The van der Waals surface area contributed by atoms with Gasteiger partial charge in [0.25, 0.3) is 0 Å². The van der Waals surface area contributed by atoms with Crippen LogP contribution in [-0.2, 0) is 16.1 Å². The second kappa shape index (κ2) is 6.22. The minimum atomic E-state index is -0.368. The molecule has 1 saturated heterocycles. The first-order chi connectivity index (χ1) is 9.16. The fourth-order valence-electron chi connectivity index (χ4n) is 1.98. The third-order valence-corrected chi connectivity index (χ3v) is 3.15. The first-order valence-corrected chi connectivity index (χ1v) is 6.41. The Hall–Kier alpha value is -2.04. The van der Waals surface area contributed by atoms with Crippen molar-refractivity contribution in [2.45, 2.75) is 26.0 Å². The number of amides is 2. The highest BCUT2D eigenvalue weighted by atomic mass is 16.6. The van der Waals surface area contributed by atoms with Gasteiger partial charge in [0.15, 0.2) is 0 Å². The van der Waals surface area contributed by atoms with Crippen LogP contribution < -0.4 is 5.32 Å². The van der Waals surface area contributed by atoms with Crippen molar-refractivity contribution < 1.29 is 14.3 Å². The van der Waals surface area contributed by atoms with Crippen LogP contribution in [0.5, 0.6) is 0 Å². The molecule has 0 saturated carbocycles. The van der Waals surface area contributed by atoms with Crippen molar-refractivity contribution in [2.24, 2.45) is 0 Å². The van der Waals surface area contributed by atoms with Crippen LogP contribution in [0, 0.1) is 0 Å². The van der Waals surface area contributed by atoms with E-state index in [1.54, 1.807) is 4.90 Å². The van der Waals surface area contributed by atoms with E-state index in [1.165, 1.54) is 0 Å². The molecule has 5 nitrogen and oxygen atoms in total. The van der Waals surface area contributed by atoms with Crippen molar-refractivity contribution in [3.8, 4) is 0 Å². The Kier molecular flexibility index (Phi) is 4.39. The van der Waals surface area contributed by atoms with Crippen LogP contribution in [0.4, 0.5) is 4.79 Å². The molecular formula is C14H18N2O3. The number of rotatable bonds is 2. The number of nitrogens with one attached hydrogen (secondary N) is 1. The molecule has 1 atom stereocenters. The van der Waals surface area contributed by atoms with Gasteiger partial charge in [0, 0.05) is 25.6 Å². The molecule has 1 fully saturated rings. The molecule has 1 aliphatic rings. The van der Waals surface area contributed by atoms with E-state index in [2.05, 4.69) is 5.32 Å². The number of hydrogen-bond donors (Lipinski definition) is 1. The molecule has 0 aromatic heterocycles. The summed E-state index contributed by atoms with van der Waals surface area (Å²) in [7, 11) is 0. The molecular weight excluding hydrogens is 244 g/mol. The number of nitrogens with zero attached hydrogens (tertiary/aromatic N) is 1. The average Bonchev–Trinajstić information content (AvgIpc) is 2.60. The van der Waals surface area contributed by atoms with Crippen molar-refractivity contribution >= 4 is 12.0 Å². The van der Waals surface area contributed by atoms with Gasteiger partial charge in [-0.2, -0.15) is 0 Å². The van der Waals surface area contributed by atoms with Crippen molar-refractivity contribution in [3.05, 3.63) is 35.9 Å². The Balaban J connectivity index is 1.90. The summed E-state index contributed by atoms with van der Waals surface area (Å²) in [5, 5.41) is 2.76. The minimum absolute atomic E-state index is 0.0230. The summed E-state index contributed by atoms with van der Waals surface area (Å²) in [4.78, 5) is 24.9.